The van der Waals surface area contributed by atoms with Crippen molar-refractivity contribution in [3.05, 3.63) is 42.0 Å². The first-order valence-corrected chi connectivity index (χ1v) is 6.34. The minimum atomic E-state index is -0.322. The molecule has 0 unspecified atom stereocenters. The molecule has 0 aliphatic rings. The maximum absolute atomic E-state index is 11.9. The van der Waals surface area contributed by atoms with Gasteiger partial charge in [-0.3, -0.25) is 4.98 Å². The number of esters is 1. The predicted molar refractivity (Wildman–Crippen MR) is 72.0 cm³/mol. The van der Waals surface area contributed by atoms with Gasteiger partial charge in [0.05, 0.1) is 36.1 Å². The molecule has 0 fully saturated rings. The standard InChI is InChI=1S/C15H17NO3/c1-4-19-15(17)12-5-6-13(11-7-8-18-9-11)16-14(12)10(2)3/h5-10H,4H2,1-3H3. The number of ether oxygens (including phenoxy) is 1. The van der Waals surface area contributed by atoms with Crippen LogP contribution in [0.1, 0.15) is 42.7 Å². The summed E-state index contributed by atoms with van der Waals surface area (Å²) in [7, 11) is 0. The Kier molecular flexibility index (Phi) is 4.00. The fourth-order valence-electron chi connectivity index (χ4n) is 1.87. The quantitative estimate of drug-likeness (QED) is 0.786. The Hall–Kier alpha value is -2.10. The summed E-state index contributed by atoms with van der Waals surface area (Å²) >= 11 is 0. The van der Waals surface area contributed by atoms with E-state index in [4.69, 9.17) is 9.15 Å². The molecule has 0 aliphatic heterocycles. The van der Waals surface area contributed by atoms with Crippen molar-refractivity contribution in [2.24, 2.45) is 0 Å². The summed E-state index contributed by atoms with van der Waals surface area (Å²) in [4.78, 5) is 16.4. The van der Waals surface area contributed by atoms with Crippen LogP contribution >= 0.6 is 0 Å². The van der Waals surface area contributed by atoms with Gasteiger partial charge in [-0.15, -0.1) is 0 Å². The van der Waals surface area contributed by atoms with Gasteiger partial charge in [0, 0.05) is 5.56 Å². The monoisotopic (exact) mass is 259 g/mol. The van der Waals surface area contributed by atoms with Crippen LogP contribution in [0, 0.1) is 0 Å². The molecule has 4 nitrogen and oxygen atoms in total. The van der Waals surface area contributed by atoms with Gasteiger partial charge in [-0.1, -0.05) is 13.8 Å². The molecular weight excluding hydrogens is 242 g/mol. The van der Waals surface area contributed by atoms with E-state index in [2.05, 4.69) is 4.98 Å². The average molecular weight is 259 g/mol. The van der Waals surface area contributed by atoms with Gasteiger partial charge in [0.1, 0.15) is 0 Å². The summed E-state index contributed by atoms with van der Waals surface area (Å²) in [6.07, 6.45) is 3.24. The normalized spacial score (nSPS) is 10.7. The molecule has 0 saturated heterocycles. The van der Waals surface area contributed by atoms with Gasteiger partial charge in [-0.2, -0.15) is 0 Å². The third-order valence-electron chi connectivity index (χ3n) is 2.78. The third-order valence-corrected chi connectivity index (χ3v) is 2.78. The van der Waals surface area contributed by atoms with Crippen LogP contribution in [0.4, 0.5) is 0 Å². The Morgan fingerprint density at radius 2 is 2.16 bits per heavy atom. The van der Waals surface area contributed by atoms with E-state index in [1.807, 2.05) is 26.0 Å². The lowest BCUT2D eigenvalue weighted by molar-refractivity contribution is 0.0524. The second-order valence-electron chi connectivity index (χ2n) is 4.52. The van der Waals surface area contributed by atoms with Crippen molar-refractivity contribution in [2.75, 3.05) is 6.61 Å². The number of hydrogen-bond acceptors (Lipinski definition) is 4. The van der Waals surface area contributed by atoms with Crippen molar-refractivity contribution < 1.29 is 13.9 Å². The van der Waals surface area contributed by atoms with Crippen molar-refractivity contribution in [3.8, 4) is 11.3 Å². The summed E-state index contributed by atoms with van der Waals surface area (Å²) in [5.41, 5.74) is 2.98. The highest BCUT2D eigenvalue weighted by molar-refractivity contribution is 5.91. The molecule has 2 aromatic rings. The van der Waals surface area contributed by atoms with Crippen molar-refractivity contribution in [1.82, 2.24) is 4.98 Å². The highest BCUT2D eigenvalue weighted by atomic mass is 16.5. The number of rotatable bonds is 4. The number of carbonyl (C=O) groups excluding carboxylic acids is 1. The van der Waals surface area contributed by atoms with Gasteiger partial charge in [-0.25, -0.2) is 4.79 Å². The van der Waals surface area contributed by atoms with Gasteiger partial charge in [-0.05, 0) is 31.0 Å². The highest BCUT2D eigenvalue weighted by Gasteiger charge is 2.17. The minimum Gasteiger partial charge on any atom is -0.472 e. The summed E-state index contributed by atoms with van der Waals surface area (Å²) in [6.45, 7) is 6.16. The van der Waals surface area contributed by atoms with Gasteiger partial charge >= 0.3 is 5.97 Å². The van der Waals surface area contributed by atoms with E-state index in [0.717, 1.165) is 17.0 Å². The average Bonchev–Trinajstić information content (AvgIpc) is 2.92. The molecule has 100 valence electrons. The second-order valence-corrected chi connectivity index (χ2v) is 4.52. The molecule has 0 atom stereocenters. The topological polar surface area (TPSA) is 52.3 Å². The molecule has 2 heterocycles. The molecule has 0 N–H and O–H groups in total. The lowest BCUT2D eigenvalue weighted by atomic mass is 10.0. The predicted octanol–water partition coefficient (Wildman–Crippen LogP) is 3.64. The smallest absolute Gasteiger partial charge is 0.339 e. The molecular formula is C15H17NO3. The van der Waals surface area contributed by atoms with E-state index in [1.165, 1.54) is 0 Å². The van der Waals surface area contributed by atoms with E-state index in [1.54, 1.807) is 25.5 Å². The van der Waals surface area contributed by atoms with Crippen LogP contribution in [0.3, 0.4) is 0 Å². The first kappa shape index (κ1) is 13.3. The van der Waals surface area contributed by atoms with Gasteiger partial charge in [0.15, 0.2) is 0 Å². The fourth-order valence-corrected chi connectivity index (χ4v) is 1.87. The molecule has 2 aromatic heterocycles. The van der Waals surface area contributed by atoms with Crippen LogP contribution < -0.4 is 0 Å². The zero-order chi connectivity index (χ0) is 13.8. The Balaban J connectivity index is 2.44. The number of furan rings is 1. The Morgan fingerprint density at radius 1 is 1.37 bits per heavy atom. The van der Waals surface area contributed by atoms with E-state index >= 15 is 0 Å². The van der Waals surface area contributed by atoms with E-state index in [0.29, 0.717) is 12.2 Å². The molecule has 2 rings (SSSR count). The van der Waals surface area contributed by atoms with E-state index in [-0.39, 0.29) is 11.9 Å². The van der Waals surface area contributed by atoms with Crippen molar-refractivity contribution in [2.45, 2.75) is 26.7 Å². The van der Waals surface area contributed by atoms with Crippen molar-refractivity contribution in [3.63, 3.8) is 0 Å². The lowest BCUT2D eigenvalue weighted by Gasteiger charge is -2.12. The fraction of sp³-hybridized carbons (Fsp3) is 0.333. The van der Waals surface area contributed by atoms with Gasteiger partial charge in [0.25, 0.3) is 0 Å². The molecule has 4 heteroatoms. The molecule has 0 aliphatic carbocycles. The summed E-state index contributed by atoms with van der Waals surface area (Å²) in [6, 6.07) is 5.42. The van der Waals surface area contributed by atoms with Crippen LogP contribution in [0.25, 0.3) is 11.3 Å². The van der Waals surface area contributed by atoms with Crippen LogP contribution in [-0.2, 0) is 4.74 Å². The van der Waals surface area contributed by atoms with Crippen LogP contribution in [-0.4, -0.2) is 17.6 Å². The van der Waals surface area contributed by atoms with E-state index in [9.17, 15) is 4.79 Å². The molecule has 0 amide bonds. The minimum absolute atomic E-state index is 0.145. The lowest BCUT2D eigenvalue weighted by Crippen LogP contribution is -2.11. The largest absolute Gasteiger partial charge is 0.472 e. The van der Waals surface area contributed by atoms with Crippen molar-refractivity contribution in [1.29, 1.82) is 0 Å². The maximum atomic E-state index is 11.9. The SMILES string of the molecule is CCOC(=O)c1ccc(-c2ccoc2)nc1C(C)C. The first-order valence-electron chi connectivity index (χ1n) is 6.34. The van der Waals surface area contributed by atoms with Gasteiger partial charge in [0.2, 0.25) is 0 Å². The zero-order valence-corrected chi connectivity index (χ0v) is 11.3. The van der Waals surface area contributed by atoms with Gasteiger partial charge < -0.3 is 9.15 Å². The summed E-state index contributed by atoms with van der Waals surface area (Å²) < 4.78 is 10.1. The highest BCUT2D eigenvalue weighted by Crippen LogP contribution is 2.24. The summed E-state index contributed by atoms with van der Waals surface area (Å²) in [5, 5.41) is 0. The molecule has 0 radical (unpaired) electrons. The van der Waals surface area contributed by atoms with Crippen LogP contribution in [0.15, 0.2) is 35.1 Å². The Morgan fingerprint density at radius 3 is 2.74 bits per heavy atom. The van der Waals surface area contributed by atoms with Crippen LogP contribution in [0.5, 0.6) is 0 Å². The van der Waals surface area contributed by atoms with E-state index < -0.39 is 0 Å². The Bertz CT molecular complexity index is 559. The molecule has 0 saturated carbocycles. The maximum Gasteiger partial charge on any atom is 0.339 e. The number of aromatic nitrogens is 1. The third kappa shape index (κ3) is 2.84. The second kappa shape index (κ2) is 5.69. The number of carbonyl (C=O) groups is 1. The summed E-state index contributed by atoms with van der Waals surface area (Å²) in [5.74, 6) is -0.177. The molecule has 19 heavy (non-hydrogen) atoms. The number of pyridine rings is 1. The molecule has 0 spiro atoms. The number of nitrogens with zero attached hydrogens (tertiary/aromatic N) is 1. The molecule has 0 bridgehead atoms. The van der Waals surface area contributed by atoms with Crippen molar-refractivity contribution >= 4 is 5.97 Å². The number of hydrogen-bond donors (Lipinski definition) is 0. The van der Waals surface area contributed by atoms with Crippen LogP contribution in [0.2, 0.25) is 0 Å². The first-order chi connectivity index (χ1) is 9.13. The zero-order valence-electron chi connectivity index (χ0n) is 11.3. The molecule has 0 aromatic carbocycles. The Labute approximate surface area is 112 Å².